The first-order valence-electron chi connectivity index (χ1n) is 6.59. The van der Waals surface area contributed by atoms with E-state index in [1.54, 1.807) is 12.1 Å². The van der Waals surface area contributed by atoms with E-state index in [1.807, 2.05) is 6.07 Å². The van der Waals surface area contributed by atoms with Crippen LogP contribution >= 0.6 is 23.2 Å². The largest absolute Gasteiger partial charge is 0.329 e. The topological polar surface area (TPSA) is 94.4 Å². The molecule has 2 amide bonds. The Morgan fingerprint density at radius 1 is 1.08 bits per heavy atom. The van der Waals surface area contributed by atoms with Gasteiger partial charge in [-0.2, -0.15) is 10.4 Å². The van der Waals surface area contributed by atoms with Gasteiger partial charge in [-0.3, -0.25) is 9.59 Å². The van der Waals surface area contributed by atoms with E-state index in [0.29, 0.717) is 26.9 Å². The van der Waals surface area contributed by atoms with Crippen molar-refractivity contribution in [1.82, 2.24) is 5.43 Å². The number of hydrogen-bond acceptors (Lipinski definition) is 4. The van der Waals surface area contributed by atoms with Gasteiger partial charge in [-0.05, 0) is 36.4 Å². The summed E-state index contributed by atoms with van der Waals surface area (Å²) in [4.78, 5) is 23.4. The van der Waals surface area contributed by atoms with Crippen LogP contribution in [0.5, 0.6) is 0 Å². The van der Waals surface area contributed by atoms with Gasteiger partial charge < -0.3 is 5.32 Å². The number of nitrogens with one attached hydrogen (secondary N) is 2. The minimum absolute atomic E-state index is 0.363. The highest BCUT2D eigenvalue weighted by atomic mass is 35.5. The number of benzene rings is 2. The Kier molecular flexibility index (Phi) is 5.90. The fourth-order valence-corrected chi connectivity index (χ4v) is 2.09. The molecule has 2 rings (SSSR count). The van der Waals surface area contributed by atoms with E-state index >= 15 is 0 Å². The Morgan fingerprint density at radius 3 is 2.42 bits per heavy atom. The molecule has 2 aromatic carbocycles. The van der Waals surface area contributed by atoms with Crippen molar-refractivity contribution in [3.63, 3.8) is 0 Å². The van der Waals surface area contributed by atoms with Crippen molar-refractivity contribution in [2.75, 3.05) is 5.32 Å². The van der Waals surface area contributed by atoms with Crippen LogP contribution in [0.15, 0.2) is 47.6 Å². The third-order valence-electron chi connectivity index (χ3n) is 2.81. The summed E-state index contributed by atoms with van der Waals surface area (Å²) in [7, 11) is 0. The van der Waals surface area contributed by atoms with Gasteiger partial charge in [0.05, 0.1) is 22.9 Å². The maximum atomic E-state index is 11.7. The highest BCUT2D eigenvalue weighted by Gasteiger charge is 2.12. The summed E-state index contributed by atoms with van der Waals surface area (Å²) in [6.45, 7) is 0. The predicted octanol–water partition coefficient (Wildman–Crippen LogP) is 2.95. The standard InChI is InChI=1S/C16H10Cl2N4O2/c17-12-4-3-11(14(18)7-12)9-20-22-16(24)15(23)21-13-5-1-10(8-19)2-6-13/h1-7,9H,(H,21,23)(H,22,24). The molecule has 0 saturated carbocycles. The highest BCUT2D eigenvalue weighted by Crippen LogP contribution is 2.19. The van der Waals surface area contributed by atoms with Crippen LogP contribution in [0.2, 0.25) is 10.0 Å². The van der Waals surface area contributed by atoms with Crippen LogP contribution in [-0.4, -0.2) is 18.0 Å². The second-order valence-corrected chi connectivity index (χ2v) is 5.35. The fraction of sp³-hybridized carbons (Fsp3) is 0. The number of carbonyl (C=O) groups excluding carboxylic acids is 2. The Balaban J connectivity index is 1.92. The average Bonchev–Trinajstić information content (AvgIpc) is 2.57. The van der Waals surface area contributed by atoms with Crippen LogP contribution in [0.3, 0.4) is 0 Å². The van der Waals surface area contributed by atoms with Crippen molar-refractivity contribution in [2.45, 2.75) is 0 Å². The number of amides is 2. The molecule has 0 saturated heterocycles. The summed E-state index contributed by atoms with van der Waals surface area (Å²) in [5.74, 6) is -1.83. The minimum atomic E-state index is -0.944. The van der Waals surface area contributed by atoms with Crippen LogP contribution < -0.4 is 10.7 Å². The Morgan fingerprint density at radius 2 is 1.79 bits per heavy atom. The predicted molar refractivity (Wildman–Crippen MR) is 92.0 cm³/mol. The molecule has 6 nitrogen and oxygen atoms in total. The number of halogens is 2. The van der Waals surface area contributed by atoms with Gasteiger partial charge >= 0.3 is 11.8 Å². The Hall–Kier alpha value is -2.88. The maximum absolute atomic E-state index is 11.7. The van der Waals surface area contributed by atoms with E-state index < -0.39 is 11.8 Å². The molecule has 0 spiro atoms. The lowest BCUT2D eigenvalue weighted by Crippen LogP contribution is -2.32. The van der Waals surface area contributed by atoms with Gasteiger partial charge in [0.1, 0.15) is 0 Å². The molecular weight excluding hydrogens is 351 g/mol. The quantitative estimate of drug-likeness (QED) is 0.500. The van der Waals surface area contributed by atoms with Gasteiger partial charge in [0.15, 0.2) is 0 Å². The lowest BCUT2D eigenvalue weighted by molar-refractivity contribution is -0.136. The summed E-state index contributed by atoms with van der Waals surface area (Å²) in [6.07, 6.45) is 1.30. The Bertz CT molecular complexity index is 842. The average molecular weight is 361 g/mol. The number of anilines is 1. The second-order valence-electron chi connectivity index (χ2n) is 4.51. The normalized spacial score (nSPS) is 10.2. The molecule has 0 aliphatic rings. The zero-order valence-electron chi connectivity index (χ0n) is 12.1. The number of hydrogen-bond donors (Lipinski definition) is 2. The van der Waals surface area contributed by atoms with E-state index in [4.69, 9.17) is 28.5 Å². The third kappa shape index (κ3) is 4.81. The van der Waals surface area contributed by atoms with Crippen molar-refractivity contribution < 1.29 is 9.59 Å². The van der Waals surface area contributed by atoms with Crippen LogP contribution in [0.4, 0.5) is 5.69 Å². The van der Waals surface area contributed by atoms with Crippen molar-refractivity contribution in [2.24, 2.45) is 5.10 Å². The summed E-state index contributed by atoms with van der Waals surface area (Å²) in [5, 5.41) is 15.6. The number of carbonyl (C=O) groups is 2. The smallest absolute Gasteiger partial charge is 0.318 e. The molecule has 2 N–H and O–H groups in total. The zero-order chi connectivity index (χ0) is 17.5. The molecule has 0 aliphatic carbocycles. The third-order valence-corrected chi connectivity index (χ3v) is 3.37. The molecule has 0 fully saturated rings. The van der Waals surface area contributed by atoms with Crippen LogP contribution in [-0.2, 0) is 9.59 Å². The van der Waals surface area contributed by atoms with Crippen LogP contribution in [0, 0.1) is 11.3 Å². The molecule has 0 bridgehead atoms. The van der Waals surface area contributed by atoms with E-state index in [1.165, 1.54) is 36.5 Å². The number of nitriles is 1. The van der Waals surface area contributed by atoms with Crippen LogP contribution in [0.25, 0.3) is 0 Å². The van der Waals surface area contributed by atoms with Crippen LogP contribution in [0.1, 0.15) is 11.1 Å². The van der Waals surface area contributed by atoms with Crippen molar-refractivity contribution in [1.29, 1.82) is 5.26 Å². The molecular formula is C16H10Cl2N4O2. The van der Waals surface area contributed by atoms with E-state index in [0.717, 1.165) is 0 Å². The molecule has 120 valence electrons. The van der Waals surface area contributed by atoms with Gasteiger partial charge in [0, 0.05) is 16.3 Å². The second kappa shape index (κ2) is 8.11. The molecule has 0 unspecified atom stereocenters. The first-order valence-corrected chi connectivity index (χ1v) is 7.35. The van der Waals surface area contributed by atoms with Gasteiger partial charge in [-0.1, -0.05) is 29.3 Å². The number of hydrazone groups is 1. The van der Waals surface area contributed by atoms with E-state index in [2.05, 4.69) is 15.8 Å². The summed E-state index contributed by atoms with van der Waals surface area (Å²) in [5.41, 5.74) is 3.46. The lowest BCUT2D eigenvalue weighted by Gasteiger charge is -2.03. The first-order chi connectivity index (χ1) is 11.5. The molecule has 2 aromatic rings. The SMILES string of the molecule is N#Cc1ccc(NC(=O)C(=O)NN=Cc2ccc(Cl)cc2Cl)cc1. The zero-order valence-corrected chi connectivity index (χ0v) is 13.6. The van der Waals surface area contributed by atoms with E-state index in [-0.39, 0.29) is 0 Å². The number of rotatable bonds is 3. The Labute approximate surface area is 147 Å². The fourth-order valence-electron chi connectivity index (χ4n) is 1.63. The molecule has 0 heterocycles. The van der Waals surface area contributed by atoms with E-state index in [9.17, 15) is 9.59 Å². The molecule has 0 atom stereocenters. The van der Waals surface area contributed by atoms with Crippen molar-refractivity contribution >= 4 is 46.9 Å². The monoisotopic (exact) mass is 360 g/mol. The van der Waals surface area contributed by atoms with Crippen molar-refractivity contribution in [3.05, 3.63) is 63.6 Å². The molecule has 0 aliphatic heterocycles. The van der Waals surface area contributed by atoms with Gasteiger partial charge in [-0.25, -0.2) is 5.43 Å². The first kappa shape index (κ1) is 17.5. The van der Waals surface area contributed by atoms with Gasteiger partial charge in [0.2, 0.25) is 0 Å². The number of nitrogens with zero attached hydrogens (tertiary/aromatic N) is 2. The maximum Gasteiger partial charge on any atom is 0.329 e. The summed E-state index contributed by atoms with van der Waals surface area (Å²) < 4.78 is 0. The van der Waals surface area contributed by atoms with Gasteiger partial charge in [0.25, 0.3) is 0 Å². The van der Waals surface area contributed by atoms with Crippen molar-refractivity contribution in [3.8, 4) is 6.07 Å². The minimum Gasteiger partial charge on any atom is -0.318 e. The molecule has 24 heavy (non-hydrogen) atoms. The summed E-state index contributed by atoms with van der Waals surface area (Å²) in [6, 6.07) is 12.8. The highest BCUT2D eigenvalue weighted by molar-refractivity contribution is 6.39. The summed E-state index contributed by atoms with van der Waals surface area (Å²) >= 11 is 11.7. The molecule has 0 radical (unpaired) electrons. The molecule has 0 aromatic heterocycles. The molecule has 8 heteroatoms. The van der Waals surface area contributed by atoms with Gasteiger partial charge in [-0.15, -0.1) is 0 Å². The lowest BCUT2D eigenvalue weighted by atomic mass is 10.2.